The molecule has 154 valence electrons. The van der Waals surface area contributed by atoms with E-state index in [0.29, 0.717) is 12.6 Å². The predicted octanol–water partition coefficient (Wildman–Crippen LogP) is 2.01. The molecule has 0 aliphatic carbocycles. The maximum atomic E-state index is 10.9. The van der Waals surface area contributed by atoms with Gasteiger partial charge in [0.2, 0.25) is 0 Å². The minimum absolute atomic E-state index is 0.390. The lowest BCUT2D eigenvalue weighted by molar-refractivity contribution is -0.906. The smallest absolute Gasteiger partial charge is 0.130 e. The molecular weight excluding hydrogens is 366 g/mol. The molecule has 1 unspecified atom stereocenters. The summed E-state index contributed by atoms with van der Waals surface area (Å²) in [5.74, 6) is 1.69. The van der Waals surface area contributed by atoms with Crippen molar-refractivity contribution in [2.45, 2.75) is 19.1 Å². The van der Waals surface area contributed by atoms with Crippen LogP contribution in [-0.4, -0.2) is 56.5 Å². The summed E-state index contributed by atoms with van der Waals surface area (Å²) in [7, 11) is 3.36. The maximum absolute atomic E-state index is 10.9. The summed E-state index contributed by atoms with van der Waals surface area (Å²) < 4.78 is 10.7. The molecule has 6 heteroatoms. The third-order valence-corrected chi connectivity index (χ3v) is 5.97. The quantitative estimate of drug-likeness (QED) is 0.597. The fourth-order valence-electron chi connectivity index (χ4n) is 4.39. The topological polar surface area (TPSA) is 62.2 Å². The Kier molecular flexibility index (Phi) is 5.65. The van der Waals surface area contributed by atoms with Crippen molar-refractivity contribution in [2.24, 2.45) is 0 Å². The van der Waals surface area contributed by atoms with Crippen LogP contribution in [0.5, 0.6) is 11.5 Å². The van der Waals surface area contributed by atoms with E-state index < -0.39 is 6.10 Å². The molecule has 3 atom stereocenters. The molecule has 0 saturated carbocycles. The fraction of sp³-hybridized carbons (Fsp3) is 0.391. The van der Waals surface area contributed by atoms with Crippen LogP contribution in [0.2, 0.25) is 0 Å². The number of quaternary nitrogens is 1. The van der Waals surface area contributed by atoms with Crippen LogP contribution in [0, 0.1) is 0 Å². The summed E-state index contributed by atoms with van der Waals surface area (Å²) in [5, 5.41) is 12.0. The molecule has 29 heavy (non-hydrogen) atoms. The molecule has 1 aliphatic rings. The average molecular weight is 397 g/mol. The lowest BCUT2D eigenvalue weighted by Crippen LogP contribution is -3.16. The van der Waals surface area contributed by atoms with Crippen LogP contribution < -0.4 is 19.3 Å². The Morgan fingerprint density at radius 1 is 1.17 bits per heavy atom. The van der Waals surface area contributed by atoms with E-state index >= 15 is 0 Å². The van der Waals surface area contributed by atoms with E-state index in [1.165, 1.54) is 10.6 Å². The van der Waals surface area contributed by atoms with Crippen LogP contribution in [0.15, 0.2) is 48.7 Å². The number of nitrogens with one attached hydrogen (secondary N) is 2. The van der Waals surface area contributed by atoms with E-state index in [1.54, 1.807) is 14.2 Å². The van der Waals surface area contributed by atoms with Gasteiger partial charge in [0.1, 0.15) is 24.1 Å². The number of aliphatic hydroxyl groups excluding tert-OH is 1. The Bertz CT molecular complexity index is 971. The second-order valence-electron chi connectivity index (χ2n) is 7.82. The van der Waals surface area contributed by atoms with Gasteiger partial charge in [0.05, 0.1) is 39.9 Å². The number of fused-ring (bicyclic) bond motifs is 1. The van der Waals surface area contributed by atoms with Crippen LogP contribution in [0.1, 0.15) is 18.6 Å². The SMILES string of the molecule is COc1cccc(N2CC[NH+](C[C@@H](O)c3c[nH]c4ccc(OC)cc34)C[C@H]2C)c1. The first-order valence-electron chi connectivity index (χ1n) is 10.2. The van der Waals surface area contributed by atoms with Gasteiger partial charge in [0, 0.05) is 34.4 Å². The number of hydrogen-bond acceptors (Lipinski definition) is 4. The van der Waals surface area contributed by atoms with E-state index in [9.17, 15) is 5.11 Å². The molecule has 0 amide bonds. The van der Waals surface area contributed by atoms with Crippen molar-refractivity contribution in [3.05, 3.63) is 54.2 Å². The van der Waals surface area contributed by atoms with Crippen LogP contribution in [0.4, 0.5) is 5.69 Å². The van der Waals surface area contributed by atoms with E-state index in [1.807, 2.05) is 36.5 Å². The van der Waals surface area contributed by atoms with Crippen LogP contribution in [0.3, 0.4) is 0 Å². The second-order valence-corrected chi connectivity index (χ2v) is 7.82. The maximum Gasteiger partial charge on any atom is 0.130 e. The minimum atomic E-state index is -0.513. The van der Waals surface area contributed by atoms with Crippen LogP contribution >= 0.6 is 0 Å². The Balaban J connectivity index is 1.43. The molecule has 1 aromatic heterocycles. The van der Waals surface area contributed by atoms with Gasteiger partial charge in [0.15, 0.2) is 0 Å². The van der Waals surface area contributed by atoms with Crippen molar-refractivity contribution in [2.75, 3.05) is 45.3 Å². The predicted molar refractivity (Wildman–Crippen MR) is 115 cm³/mol. The molecule has 0 radical (unpaired) electrons. The summed E-state index contributed by atoms with van der Waals surface area (Å²) in [5.41, 5.74) is 3.15. The van der Waals surface area contributed by atoms with Gasteiger partial charge in [-0.15, -0.1) is 0 Å². The number of aromatic amines is 1. The molecule has 1 aliphatic heterocycles. The van der Waals surface area contributed by atoms with E-state index in [4.69, 9.17) is 9.47 Å². The number of piperazine rings is 1. The number of aromatic nitrogens is 1. The van der Waals surface area contributed by atoms with Crippen molar-refractivity contribution >= 4 is 16.6 Å². The highest BCUT2D eigenvalue weighted by molar-refractivity contribution is 5.85. The minimum Gasteiger partial charge on any atom is -0.497 e. The lowest BCUT2D eigenvalue weighted by Gasteiger charge is -2.39. The average Bonchev–Trinajstić information content (AvgIpc) is 3.17. The number of ether oxygens (including phenoxy) is 2. The van der Waals surface area contributed by atoms with Crippen LogP contribution in [-0.2, 0) is 0 Å². The molecule has 1 saturated heterocycles. The zero-order valence-electron chi connectivity index (χ0n) is 17.3. The van der Waals surface area contributed by atoms with E-state index in [2.05, 4.69) is 28.9 Å². The summed E-state index contributed by atoms with van der Waals surface area (Å²) in [6.07, 6.45) is 1.41. The van der Waals surface area contributed by atoms with Crippen molar-refractivity contribution in [3.63, 3.8) is 0 Å². The Labute approximate surface area is 171 Å². The number of methoxy groups -OCH3 is 2. The molecule has 2 heterocycles. The summed E-state index contributed by atoms with van der Waals surface area (Å²) in [6.45, 7) is 5.88. The molecular formula is C23H30N3O3+. The van der Waals surface area contributed by atoms with Crippen molar-refractivity contribution in [1.29, 1.82) is 0 Å². The highest BCUT2D eigenvalue weighted by Crippen LogP contribution is 2.27. The zero-order valence-corrected chi connectivity index (χ0v) is 17.3. The standard InChI is InChI=1S/C23H29N3O3/c1-16-14-25(9-10-26(16)17-5-4-6-18(11-17)28-2)15-23(27)21-13-24-22-8-7-19(29-3)12-20(21)22/h4-8,11-13,16,23-24,27H,9-10,14-15H2,1-3H3/p+1/t16-,23-/m1/s1. The summed E-state index contributed by atoms with van der Waals surface area (Å²) in [4.78, 5) is 7.10. The monoisotopic (exact) mass is 396 g/mol. The number of nitrogens with zero attached hydrogens (tertiary/aromatic N) is 1. The van der Waals surface area contributed by atoms with E-state index in [-0.39, 0.29) is 0 Å². The number of anilines is 1. The van der Waals surface area contributed by atoms with Gasteiger partial charge in [-0.25, -0.2) is 0 Å². The number of benzene rings is 2. The molecule has 3 aromatic rings. The first-order valence-corrected chi connectivity index (χ1v) is 10.2. The number of H-pyrrole nitrogens is 1. The zero-order chi connectivity index (χ0) is 20.4. The van der Waals surface area contributed by atoms with Crippen LogP contribution in [0.25, 0.3) is 10.9 Å². The fourth-order valence-corrected chi connectivity index (χ4v) is 4.39. The third-order valence-electron chi connectivity index (χ3n) is 5.97. The normalized spacial score (nSPS) is 20.6. The van der Waals surface area contributed by atoms with Gasteiger partial charge in [-0.2, -0.15) is 0 Å². The molecule has 4 rings (SSSR count). The van der Waals surface area contributed by atoms with Gasteiger partial charge < -0.3 is 29.4 Å². The number of hydrogen-bond donors (Lipinski definition) is 3. The van der Waals surface area contributed by atoms with Gasteiger partial charge in [-0.05, 0) is 37.3 Å². The number of aliphatic hydroxyl groups is 1. The summed E-state index contributed by atoms with van der Waals surface area (Å²) >= 11 is 0. The number of rotatable bonds is 6. The van der Waals surface area contributed by atoms with Gasteiger partial charge >= 0.3 is 0 Å². The Morgan fingerprint density at radius 3 is 2.72 bits per heavy atom. The second kappa shape index (κ2) is 8.35. The van der Waals surface area contributed by atoms with Crippen molar-refractivity contribution in [3.8, 4) is 11.5 Å². The molecule has 3 N–H and O–H groups in total. The largest absolute Gasteiger partial charge is 0.497 e. The van der Waals surface area contributed by atoms with Crippen molar-refractivity contribution in [1.82, 2.24) is 4.98 Å². The highest BCUT2D eigenvalue weighted by Gasteiger charge is 2.29. The van der Waals surface area contributed by atoms with Gasteiger partial charge in [-0.1, -0.05) is 6.07 Å². The lowest BCUT2D eigenvalue weighted by atomic mass is 10.1. The molecule has 0 spiro atoms. The Morgan fingerprint density at radius 2 is 1.97 bits per heavy atom. The third kappa shape index (κ3) is 4.04. The van der Waals surface area contributed by atoms with Gasteiger partial charge in [-0.3, -0.25) is 0 Å². The van der Waals surface area contributed by atoms with Gasteiger partial charge in [0.25, 0.3) is 0 Å². The molecule has 6 nitrogen and oxygen atoms in total. The van der Waals surface area contributed by atoms with Crippen molar-refractivity contribution < 1.29 is 19.5 Å². The Hall–Kier alpha value is -2.70. The molecule has 0 bridgehead atoms. The molecule has 1 fully saturated rings. The molecule has 2 aromatic carbocycles. The summed E-state index contributed by atoms with van der Waals surface area (Å²) in [6, 6.07) is 14.5. The first-order chi connectivity index (χ1) is 14.1. The van der Waals surface area contributed by atoms with E-state index in [0.717, 1.165) is 47.6 Å². The highest BCUT2D eigenvalue weighted by atomic mass is 16.5. The first kappa shape index (κ1) is 19.6.